The minimum absolute atomic E-state index is 0.252. The van der Waals surface area contributed by atoms with E-state index in [0.717, 1.165) is 24.9 Å². The molecule has 1 fully saturated rings. The molecule has 0 aliphatic carbocycles. The molecule has 1 aromatic rings. The number of rotatable bonds is 7. The molecule has 8 nitrogen and oxygen atoms in total. The van der Waals surface area contributed by atoms with Crippen LogP contribution in [0.15, 0.2) is 29.5 Å². The van der Waals surface area contributed by atoms with E-state index in [1.54, 1.807) is 33.3 Å². The van der Waals surface area contributed by atoms with Crippen LogP contribution >= 0.6 is 0 Å². The average molecular weight is 418 g/mol. The summed E-state index contributed by atoms with van der Waals surface area (Å²) in [6, 6.07) is 4.75. The lowest BCUT2D eigenvalue weighted by molar-refractivity contribution is -0.139. The second kappa shape index (κ2) is 9.84. The van der Waals surface area contributed by atoms with Crippen molar-refractivity contribution in [3.63, 3.8) is 0 Å². The fourth-order valence-corrected chi connectivity index (χ4v) is 4.07. The monoisotopic (exact) mass is 417 g/mol. The number of amides is 2. The zero-order chi connectivity index (χ0) is 21.7. The molecule has 1 saturated heterocycles. The molecular formula is C22H31N3O5. The summed E-state index contributed by atoms with van der Waals surface area (Å²) in [4.78, 5) is 27.8. The van der Waals surface area contributed by atoms with Crippen LogP contribution in [-0.4, -0.2) is 56.9 Å². The van der Waals surface area contributed by atoms with Gasteiger partial charge >= 0.3 is 12.0 Å². The smallest absolute Gasteiger partial charge is 0.338 e. The van der Waals surface area contributed by atoms with Gasteiger partial charge in [-0.05, 0) is 50.9 Å². The number of benzene rings is 1. The van der Waals surface area contributed by atoms with Gasteiger partial charge in [-0.1, -0.05) is 12.5 Å². The van der Waals surface area contributed by atoms with Crippen LogP contribution in [0.5, 0.6) is 11.5 Å². The van der Waals surface area contributed by atoms with Gasteiger partial charge in [-0.15, -0.1) is 0 Å². The molecule has 30 heavy (non-hydrogen) atoms. The third-order valence-corrected chi connectivity index (χ3v) is 5.69. The number of esters is 1. The van der Waals surface area contributed by atoms with Crippen LogP contribution in [0.3, 0.4) is 0 Å². The van der Waals surface area contributed by atoms with Gasteiger partial charge in [0.05, 0.1) is 32.4 Å². The summed E-state index contributed by atoms with van der Waals surface area (Å²) < 4.78 is 16.1. The lowest BCUT2D eigenvalue weighted by atomic mass is 9.94. The minimum atomic E-state index is -0.646. The number of ether oxygens (including phenoxy) is 3. The molecule has 0 aromatic heterocycles. The van der Waals surface area contributed by atoms with Crippen molar-refractivity contribution in [3.8, 4) is 11.5 Å². The van der Waals surface area contributed by atoms with E-state index >= 15 is 0 Å². The molecule has 0 spiro atoms. The molecule has 0 radical (unpaired) electrons. The van der Waals surface area contributed by atoms with Crippen molar-refractivity contribution in [3.05, 3.63) is 35.0 Å². The summed E-state index contributed by atoms with van der Waals surface area (Å²) >= 11 is 0. The van der Waals surface area contributed by atoms with Crippen molar-refractivity contribution in [2.45, 2.75) is 45.2 Å². The number of carbonyl (C=O) groups is 2. The molecule has 2 atom stereocenters. The second-order valence-corrected chi connectivity index (χ2v) is 7.57. The second-order valence-electron chi connectivity index (χ2n) is 7.57. The zero-order valence-electron chi connectivity index (χ0n) is 18.1. The summed E-state index contributed by atoms with van der Waals surface area (Å²) in [6.07, 6.45) is 3.41. The van der Waals surface area contributed by atoms with Crippen molar-refractivity contribution in [1.82, 2.24) is 15.5 Å². The molecule has 0 unspecified atom stereocenters. The van der Waals surface area contributed by atoms with Gasteiger partial charge in [0, 0.05) is 18.3 Å². The summed E-state index contributed by atoms with van der Waals surface area (Å²) in [5.74, 6) is 0.659. The van der Waals surface area contributed by atoms with Gasteiger partial charge in [0.25, 0.3) is 0 Å². The van der Waals surface area contributed by atoms with Crippen molar-refractivity contribution in [2.24, 2.45) is 0 Å². The van der Waals surface area contributed by atoms with Gasteiger partial charge in [0.1, 0.15) is 0 Å². The first-order valence-electron chi connectivity index (χ1n) is 10.4. The average Bonchev–Trinajstić information content (AvgIpc) is 2.74. The summed E-state index contributed by atoms with van der Waals surface area (Å²) in [5, 5.41) is 5.72. The molecule has 3 rings (SSSR count). The van der Waals surface area contributed by atoms with Gasteiger partial charge in [-0.3, -0.25) is 4.90 Å². The minimum Gasteiger partial charge on any atom is -0.493 e. The Balaban J connectivity index is 2.03. The van der Waals surface area contributed by atoms with E-state index in [-0.39, 0.29) is 12.6 Å². The Morgan fingerprint density at radius 2 is 1.97 bits per heavy atom. The molecule has 2 aliphatic rings. The number of urea groups is 1. The molecule has 8 heteroatoms. The molecular weight excluding hydrogens is 386 g/mol. The summed E-state index contributed by atoms with van der Waals surface area (Å²) in [5.41, 5.74) is 1.72. The van der Waals surface area contributed by atoms with Crippen LogP contribution in [0.4, 0.5) is 4.79 Å². The predicted octanol–water partition coefficient (Wildman–Crippen LogP) is 2.75. The van der Waals surface area contributed by atoms with Crippen LogP contribution in [0.25, 0.3) is 0 Å². The predicted molar refractivity (Wildman–Crippen MR) is 112 cm³/mol. The molecule has 0 bridgehead atoms. The topological polar surface area (TPSA) is 89.1 Å². The van der Waals surface area contributed by atoms with E-state index in [9.17, 15) is 9.59 Å². The van der Waals surface area contributed by atoms with Crippen LogP contribution < -0.4 is 20.1 Å². The van der Waals surface area contributed by atoms with Crippen LogP contribution in [0.2, 0.25) is 0 Å². The number of likely N-dealkylation sites (tertiary alicyclic amines) is 1. The first-order valence-corrected chi connectivity index (χ1v) is 10.4. The SMILES string of the molecule is CCOC(=O)C1=C(CN2CCCC[C@H]2C)NC(=O)N[C@H]1c1ccc(OC)c(OC)c1. The maximum Gasteiger partial charge on any atom is 0.338 e. The number of nitrogens with zero attached hydrogens (tertiary/aromatic N) is 1. The zero-order valence-corrected chi connectivity index (χ0v) is 18.1. The molecule has 2 amide bonds. The summed E-state index contributed by atoms with van der Waals surface area (Å²) in [7, 11) is 3.11. The number of hydrogen-bond donors (Lipinski definition) is 2. The fourth-order valence-electron chi connectivity index (χ4n) is 4.07. The molecule has 164 valence electrons. The molecule has 2 N–H and O–H groups in total. The largest absolute Gasteiger partial charge is 0.493 e. The summed E-state index contributed by atoms with van der Waals surface area (Å²) in [6.45, 7) is 5.63. The highest BCUT2D eigenvalue weighted by atomic mass is 16.5. The standard InChI is InChI=1S/C22H31N3O5/c1-5-30-21(26)19-16(13-25-11-7-6-8-14(25)2)23-22(27)24-20(19)15-9-10-17(28-3)18(12-15)29-4/h9-10,12,14,20H,5-8,11,13H2,1-4H3,(H2,23,24,27)/t14-,20+/m1/s1. The van der Waals surface area contributed by atoms with E-state index in [0.29, 0.717) is 35.4 Å². The normalized spacial score (nSPS) is 22.2. The Labute approximate surface area is 177 Å². The van der Waals surface area contributed by atoms with Crippen LogP contribution in [0, 0.1) is 0 Å². The number of piperidine rings is 1. The Kier molecular flexibility index (Phi) is 7.20. The van der Waals surface area contributed by atoms with E-state index in [4.69, 9.17) is 14.2 Å². The van der Waals surface area contributed by atoms with Gasteiger partial charge in [0.15, 0.2) is 11.5 Å². The van der Waals surface area contributed by atoms with Crippen molar-refractivity contribution >= 4 is 12.0 Å². The first-order chi connectivity index (χ1) is 14.5. The number of nitrogens with one attached hydrogen (secondary N) is 2. The third kappa shape index (κ3) is 4.70. The third-order valence-electron chi connectivity index (χ3n) is 5.69. The highest BCUT2D eigenvalue weighted by molar-refractivity contribution is 5.95. The van der Waals surface area contributed by atoms with Crippen molar-refractivity contribution in [2.75, 3.05) is 33.9 Å². The highest BCUT2D eigenvalue weighted by Crippen LogP contribution is 2.35. The Morgan fingerprint density at radius 1 is 1.20 bits per heavy atom. The number of hydrogen-bond acceptors (Lipinski definition) is 6. The van der Waals surface area contributed by atoms with Gasteiger partial charge in [-0.2, -0.15) is 0 Å². The lowest BCUT2D eigenvalue weighted by Crippen LogP contribution is -2.50. The van der Waals surface area contributed by atoms with E-state index in [1.165, 1.54) is 6.42 Å². The van der Waals surface area contributed by atoms with E-state index in [1.807, 2.05) is 6.07 Å². The van der Waals surface area contributed by atoms with Gasteiger partial charge in [-0.25, -0.2) is 9.59 Å². The maximum atomic E-state index is 13.0. The molecule has 2 heterocycles. The molecule has 1 aromatic carbocycles. The van der Waals surface area contributed by atoms with Gasteiger partial charge in [0.2, 0.25) is 0 Å². The Bertz CT molecular complexity index is 823. The van der Waals surface area contributed by atoms with Crippen LogP contribution in [0.1, 0.15) is 44.7 Å². The first kappa shape index (κ1) is 22.0. The van der Waals surface area contributed by atoms with Crippen molar-refractivity contribution in [1.29, 1.82) is 0 Å². The Hall–Kier alpha value is -2.74. The lowest BCUT2D eigenvalue weighted by Gasteiger charge is -2.36. The van der Waals surface area contributed by atoms with Gasteiger partial charge < -0.3 is 24.8 Å². The van der Waals surface area contributed by atoms with E-state index in [2.05, 4.69) is 22.5 Å². The molecule has 0 saturated carbocycles. The quantitative estimate of drug-likeness (QED) is 0.663. The van der Waals surface area contributed by atoms with Crippen LogP contribution in [-0.2, 0) is 9.53 Å². The number of carbonyl (C=O) groups excluding carboxylic acids is 2. The molecule has 2 aliphatic heterocycles. The maximum absolute atomic E-state index is 13.0. The highest BCUT2D eigenvalue weighted by Gasteiger charge is 2.35. The van der Waals surface area contributed by atoms with E-state index < -0.39 is 12.0 Å². The Morgan fingerprint density at radius 3 is 2.63 bits per heavy atom. The fraction of sp³-hybridized carbons (Fsp3) is 0.545. The van der Waals surface area contributed by atoms with Crippen molar-refractivity contribution < 1.29 is 23.8 Å². The number of methoxy groups -OCH3 is 2.